The van der Waals surface area contributed by atoms with Crippen LogP contribution in [0.2, 0.25) is 10.0 Å². The largest absolute Gasteiger partial charge is 0.491 e. The van der Waals surface area contributed by atoms with Gasteiger partial charge < -0.3 is 18.9 Å². The summed E-state index contributed by atoms with van der Waals surface area (Å²) in [4.78, 5) is 3.94. The molecule has 0 radical (unpaired) electrons. The minimum absolute atomic E-state index is 0.0293. The summed E-state index contributed by atoms with van der Waals surface area (Å²) in [5.74, 6) is -1.98. The van der Waals surface area contributed by atoms with Crippen molar-refractivity contribution in [3.63, 3.8) is 0 Å². The Bertz CT molecular complexity index is 1550. The Kier molecular flexibility index (Phi) is 8.69. The first kappa shape index (κ1) is 29.8. The highest BCUT2D eigenvalue weighted by atomic mass is 35.5. The SMILES string of the molecule is F/C(Oc1ccc(OCC2COC(Cn3cncn3)(c3ccc(Cl)cc3Cl)O2)cc1)=C(/c1ccc(F)cc1)C(F)(F)F. The third kappa shape index (κ3) is 6.84. The third-order valence-corrected chi connectivity index (χ3v) is 6.67. The van der Waals surface area contributed by atoms with Crippen molar-refractivity contribution in [2.45, 2.75) is 24.6 Å². The van der Waals surface area contributed by atoms with Gasteiger partial charge in [-0.25, -0.2) is 14.1 Å². The van der Waals surface area contributed by atoms with E-state index in [4.69, 9.17) is 42.1 Å². The first-order valence-electron chi connectivity index (χ1n) is 12.3. The molecule has 0 aliphatic carbocycles. The molecule has 2 heterocycles. The molecule has 0 saturated carbocycles. The van der Waals surface area contributed by atoms with E-state index >= 15 is 0 Å². The molecule has 3 aromatic carbocycles. The highest BCUT2D eigenvalue weighted by molar-refractivity contribution is 6.35. The summed E-state index contributed by atoms with van der Waals surface area (Å²) in [6.07, 6.45) is -2.77. The van der Waals surface area contributed by atoms with Crippen molar-refractivity contribution in [2.75, 3.05) is 13.2 Å². The zero-order valence-electron chi connectivity index (χ0n) is 21.3. The predicted molar refractivity (Wildman–Crippen MR) is 142 cm³/mol. The first-order chi connectivity index (χ1) is 20.0. The molecule has 1 aromatic heterocycles. The molecule has 1 aliphatic rings. The van der Waals surface area contributed by atoms with Gasteiger partial charge in [0.2, 0.25) is 5.79 Å². The van der Waals surface area contributed by atoms with E-state index in [9.17, 15) is 22.0 Å². The van der Waals surface area contributed by atoms with Crippen LogP contribution in [0.25, 0.3) is 5.57 Å². The van der Waals surface area contributed by atoms with Gasteiger partial charge in [-0.05, 0) is 54.1 Å². The van der Waals surface area contributed by atoms with Gasteiger partial charge in [0, 0.05) is 10.6 Å². The molecule has 42 heavy (non-hydrogen) atoms. The van der Waals surface area contributed by atoms with Gasteiger partial charge in [0.15, 0.2) is 0 Å². The zero-order chi connectivity index (χ0) is 29.9. The van der Waals surface area contributed by atoms with E-state index < -0.39 is 41.0 Å². The van der Waals surface area contributed by atoms with Crippen molar-refractivity contribution < 1.29 is 40.9 Å². The lowest BCUT2D eigenvalue weighted by atomic mass is 10.1. The van der Waals surface area contributed by atoms with Crippen LogP contribution in [0.15, 0.2) is 85.4 Å². The Morgan fingerprint density at radius 1 is 1.02 bits per heavy atom. The zero-order valence-corrected chi connectivity index (χ0v) is 22.8. The minimum Gasteiger partial charge on any atom is -0.491 e. The molecular weight excluding hydrogens is 608 g/mol. The maximum absolute atomic E-state index is 14.6. The van der Waals surface area contributed by atoms with Crippen LogP contribution in [0.1, 0.15) is 11.1 Å². The molecule has 7 nitrogen and oxygen atoms in total. The number of nitrogens with zero attached hydrogens (tertiary/aromatic N) is 3. The summed E-state index contributed by atoms with van der Waals surface area (Å²) >= 11 is 12.5. The summed E-state index contributed by atoms with van der Waals surface area (Å²) < 4.78 is 92.9. The van der Waals surface area contributed by atoms with Crippen LogP contribution in [0.4, 0.5) is 22.0 Å². The van der Waals surface area contributed by atoms with Crippen molar-refractivity contribution in [3.05, 3.63) is 112 Å². The van der Waals surface area contributed by atoms with Gasteiger partial charge in [-0.1, -0.05) is 41.4 Å². The van der Waals surface area contributed by atoms with Crippen LogP contribution in [-0.2, 0) is 21.8 Å². The number of halogens is 7. The fourth-order valence-electron chi connectivity index (χ4n) is 4.24. The Hall–Kier alpha value is -3.71. The van der Waals surface area contributed by atoms with Crippen molar-refractivity contribution in [3.8, 4) is 11.5 Å². The predicted octanol–water partition coefficient (Wildman–Crippen LogP) is 7.35. The molecule has 4 aromatic rings. The Morgan fingerprint density at radius 3 is 2.38 bits per heavy atom. The molecule has 2 atom stereocenters. The fourth-order valence-corrected chi connectivity index (χ4v) is 4.79. The smallest absolute Gasteiger partial charge is 0.422 e. The lowest BCUT2D eigenvalue weighted by molar-refractivity contribution is -0.190. The molecule has 1 saturated heterocycles. The topological polar surface area (TPSA) is 67.6 Å². The Labute approximate surface area is 246 Å². The van der Waals surface area contributed by atoms with Crippen molar-refractivity contribution in [2.24, 2.45) is 0 Å². The standard InChI is InChI=1S/C28H20Cl2F5N3O4/c29-18-3-10-23(24(30)11-18)27(14-38-16-36-15-37-38)40-13-22(42-27)12-39-20-6-8-21(9-7-20)41-26(32)25(28(33,34)35)17-1-4-19(31)5-2-17/h1-11,15-16,22H,12-14H2/b26-25+. The van der Waals surface area contributed by atoms with Crippen molar-refractivity contribution >= 4 is 28.8 Å². The third-order valence-electron chi connectivity index (χ3n) is 6.12. The lowest BCUT2D eigenvalue weighted by Gasteiger charge is -2.29. The highest BCUT2D eigenvalue weighted by Gasteiger charge is 2.46. The normalized spacial score (nSPS) is 19.5. The number of hydrogen-bond acceptors (Lipinski definition) is 6. The van der Waals surface area contributed by atoms with E-state index in [0.717, 1.165) is 24.3 Å². The van der Waals surface area contributed by atoms with Gasteiger partial charge in [0.05, 0.1) is 11.6 Å². The summed E-state index contributed by atoms with van der Waals surface area (Å²) in [6, 6.07) is 11.5. The minimum atomic E-state index is -5.09. The number of benzene rings is 3. The van der Waals surface area contributed by atoms with Crippen molar-refractivity contribution in [1.82, 2.24) is 14.8 Å². The van der Waals surface area contributed by atoms with Crippen LogP contribution in [0.3, 0.4) is 0 Å². The highest BCUT2D eigenvalue weighted by Crippen LogP contribution is 2.41. The van der Waals surface area contributed by atoms with Crippen LogP contribution in [-0.4, -0.2) is 40.3 Å². The second kappa shape index (κ2) is 12.3. The summed E-state index contributed by atoms with van der Waals surface area (Å²) in [5.41, 5.74) is -1.72. The number of rotatable bonds is 9. The van der Waals surface area contributed by atoms with Gasteiger partial charge in [-0.2, -0.15) is 22.7 Å². The number of allylic oxidation sites excluding steroid dienone is 1. The maximum Gasteiger partial charge on any atom is 0.422 e. The average molecular weight is 628 g/mol. The maximum atomic E-state index is 14.6. The summed E-state index contributed by atoms with van der Waals surface area (Å²) in [7, 11) is 0. The number of aromatic nitrogens is 3. The van der Waals surface area contributed by atoms with Gasteiger partial charge in [-0.3, -0.25) is 0 Å². The molecule has 0 amide bonds. The molecule has 0 spiro atoms. The van der Waals surface area contributed by atoms with Gasteiger partial charge in [0.1, 0.15) is 54.8 Å². The van der Waals surface area contributed by atoms with E-state index in [0.29, 0.717) is 21.4 Å². The van der Waals surface area contributed by atoms with E-state index in [1.54, 1.807) is 18.2 Å². The van der Waals surface area contributed by atoms with E-state index in [-0.39, 0.29) is 25.5 Å². The van der Waals surface area contributed by atoms with E-state index in [1.165, 1.54) is 41.6 Å². The molecule has 1 fully saturated rings. The number of ether oxygens (including phenoxy) is 4. The lowest BCUT2D eigenvalue weighted by Crippen LogP contribution is -2.35. The summed E-state index contributed by atoms with van der Waals surface area (Å²) in [5, 5.41) is 4.88. The fraction of sp³-hybridized carbons (Fsp3) is 0.214. The first-order valence-corrected chi connectivity index (χ1v) is 13.0. The molecular formula is C28H20Cl2F5N3O4. The Morgan fingerprint density at radius 2 is 1.74 bits per heavy atom. The van der Waals surface area contributed by atoms with Crippen LogP contribution < -0.4 is 9.47 Å². The molecule has 220 valence electrons. The molecule has 5 rings (SSSR count). The van der Waals surface area contributed by atoms with Crippen LogP contribution >= 0.6 is 23.2 Å². The number of alkyl halides is 3. The monoisotopic (exact) mass is 627 g/mol. The van der Waals surface area contributed by atoms with Gasteiger partial charge in [0.25, 0.3) is 6.01 Å². The van der Waals surface area contributed by atoms with Gasteiger partial charge in [-0.15, -0.1) is 0 Å². The summed E-state index contributed by atoms with van der Waals surface area (Å²) in [6.45, 7) is 0.295. The van der Waals surface area contributed by atoms with Crippen LogP contribution in [0.5, 0.6) is 11.5 Å². The molecule has 0 N–H and O–H groups in total. The molecule has 0 bridgehead atoms. The van der Waals surface area contributed by atoms with Crippen molar-refractivity contribution in [1.29, 1.82) is 0 Å². The van der Waals surface area contributed by atoms with Crippen LogP contribution in [0, 0.1) is 5.82 Å². The quantitative estimate of drug-likeness (QED) is 0.143. The van der Waals surface area contributed by atoms with Gasteiger partial charge >= 0.3 is 6.18 Å². The molecule has 1 aliphatic heterocycles. The second-order valence-corrected chi connectivity index (χ2v) is 9.90. The van der Waals surface area contributed by atoms with E-state index in [1.807, 2.05) is 0 Å². The Balaban J connectivity index is 1.26. The molecule has 14 heteroatoms. The average Bonchev–Trinajstić information content (AvgIpc) is 3.59. The second-order valence-electron chi connectivity index (χ2n) is 9.06. The van der Waals surface area contributed by atoms with E-state index in [2.05, 4.69) is 10.1 Å². The number of hydrogen-bond donors (Lipinski definition) is 0. The molecule has 2 unspecified atom stereocenters.